The third-order valence-electron chi connectivity index (χ3n) is 3.60. The molecule has 1 unspecified atom stereocenters. The van der Waals surface area contributed by atoms with Gasteiger partial charge in [0, 0.05) is 11.1 Å². The zero-order valence-corrected chi connectivity index (χ0v) is 11.6. The second kappa shape index (κ2) is 4.91. The van der Waals surface area contributed by atoms with E-state index in [9.17, 15) is 18.3 Å². The second-order valence-corrected chi connectivity index (χ2v) is 5.09. The fourth-order valence-electron chi connectivity index (χ4n) is 2.48. The Bertz CT molecular complexity index is 698. The van der Waals surface area contributed by atoms with Crippen molar-refractivity contribution in [2.24, 2.45) is 0 Å². The minimum atomic E-state index is -4.88. The molecule has 0 bridgehead atoms. The van der Waals surface area contributed by atoms with Crippen LogP contribution < -0.4 is 9.47 Å². The van der Waals surface area contributed by atoms with Crippen LogP contribution in [0.15, 0.2) is 42.5 Å². The number of hydrogen-bond donors (Lipinski definition) is 1. The molecule has 0 radical (unpaired) electrons. The predicted molar refractivity (Wildman–Crippen MR) is 73.8 cm³/mol. The van der Waals surface area contributed by atoms with Crippen LogP contribution in [-0.4, -0.2) is 24.2 Å². The summed E-state index contributed by atoms with van der Waals surface area (Å²) in [5, 5.41) is 9.80. The molecule has 0 amide bonds. The molecule has 0 aromatic heterocycles. The highest BCUT2D eigenvalue weighted by molar-refractivity contribution is 5.75. The highest BCUT2D eigenvalue weighted by atomic mass is 19.4. The summed E-state index contributed by atoms with van der Waals surface area (Å²) in [6.45, 7) is 0. The van der Waals surface area contributed by atoms with Crippen LogP contribution in [0.25, 0.3) is 11.1 Å². The Morgan fingerprint density at radius 3 is 2.45 bits per heavy atom. The topological polar surface area (TPSA) is 38.7 Å². The van der Waals surface area contributed by atoms with E-state index in [2.05, 4.69) is 0 Å². The lowest BCUT2D eigenvalue weighted by Gasteiger charge is -2.25. The molecule has 0 saturated carbocycles. The number of alkyl halides is 3. The average Bonchev–Trinajstić information content (AvgIpc) is 2.84. The van der Waals surface area contributed by atoms with Gasteiger partial charge in [-0.05, 0) is 17.7 Å². The molecule has 22 heavy (non-hydrogen) atoms. The van der Waals surface area contributed by atoms with Gasteiger partial charge in [0.1, 0.15) is 11.5 Å². The van der Waals surface area contributed by atoms with Gasteiger partial charge in [-0.15, -0.1) is 0 Å². The molecule has 0 aliphatic carbocycles. The largest absolute Gasteiger partial charge is 0.497 e. The van der Waals surface area contributed by atoms with Crippen LogP contribution in [0.5, 0.6) is 11.5 Å². The summed E-state index contributed by atoms with van der Waals surface area (Å²) in [6.07, 6.45) is -5.55. The van der Waals surface area contributed by atoms with E-state index >= 15 is 0 Å². The summed E-state index contributed by atoms with van der Waals surface area (Å²) in [7, 11) is 1.43. The molecule has 2 aromatic rings. The van der Waals surface area contributed by atoms with Gasteiger partial charge in [0.25, 0.3) is 0 Å². The van der Waals surface area contributed by atoms with Crippen LogP contribution in [-0.2, 0) is 6.42 Å². The molecule has 6 heteroatoms. The molecule has 1 heterocycles. The monoisotopic (exact) mass is 310 g/mol. The van der Waals surface area contributed by atoms with Crippen LogP contribution in [0.3, 0.4) is 0 Å². The zero-order chi connectivity index (χ0) is 16.0. The Labute approximate surface area is 124 Å². The molecule has 1 aliphatic heterocycles. The number of benzene rings is 2. The van der Waals surface area contributed by atoms with Gasteiger partial charge in [-0.25, -0.2) is 0 Å². The van der Waals surface area contributed by atoms with Gasteiger partial charge in [-0.3, -0.25) is 0 Å². The van der Waals surface area contributed by atoms with Crippen LogP contribution in [0.4, 0.5) is 13.2 Å². The van der Waals surface area contributed by atoms with E-state index in [1.54, 1.807) is 36.4 Å². The lowest BCUT2D eigenvalue weighted by atomic mass is 9.99. The van der Waals surface area contributed by atoms with Crippen LogP contribution in [0, 0.1) is 0 Å². The van der Waals surface area contributed by atoms with E-state index in [-0.39, 0.29) is 11.3 Å². The van der Waals surface area contributed by atoms with Gasteiger partial charge in [0.05, 0.1) is 13.5 Å². The summed E-state index contributed by atoms with van der Waals surface area (Å²) in [6, 6.07) is 11.9. The van der Waals surface area contributed by atoms with Gasteiger partial charge >= 0.3 is 12.0 Å². The quantitative estimate of drug-likeness (QED) is 0.922. The van der Waals surface area contributed by atoms with E-state index in [0.717, 1.165) is 0 Å². The Morgan fingerprint density at radius 1 is 1.18 bits per heavy atom. The molecular weight excluding hydrogens is 297 g/mol. The highest BCUT2D eigenvalue weighted by Gasteiger charge is 2.60. The maximum absolute atomic E-state index is 13.0. The molecule has 1 N–H and O–H groups in total. The SMILES string of the molecule is COc1cc2c(c(-c3ccccc3)c1)OC(O)(C(F)(F)F)C2. The van der Waals surface area contributed by atoms with Crippen LogP contribution in [0.1, 0.15) is 5.56 Å². The number of methoxy groups -OCH3 is 1. The van der Waals surface area contributed by atoms with Crippen molar-refractivity contribution in [3.8, 4) is 22.6 Å². The molecule has 2 aromatic carbocycles. The van der Waals surface area contributed by atoms with Crippen molar-refractivity contribution in [3.05, 3.63) is 48.0 Å². The zero-order valence-electron chi connectivity index (χ0n) is 11.6. The second-order valence-electron chi connectivity index (χ2n) is 5.09. The van der Waals surface area contributed by atoms with E-state index < -0.39 is 18.4 Å². The van der Waals surface area contributed by atoms with Crippen molar-refractivity contribution in [1.29, 1.82) is 0 Å². The van der Waals surface area contributed by atoms with Crippen molar-refractivity contribution in [3.63, 3.8) is 0 Å². The number of aliphatic hydroxyl groups is 1. The number of halogens is 3. The van der Waals surface area contributed by atoms with E-state index in [1.807, 2.05) is 0 Å². The van der Waals surface area contributed by atoms with Crippen molar-refractivity contribution in [2.45, 2.75) is 18.4 Å². The summed E-state index contributed by atoms with van der Waals surface area (Å²) in [5.74, 6) is -2.76. The average molecular weight is 310 g/mol. The van der Waals surface area contributed by atoms with E-state index in [4.69, 9.17) is 9.47 Å². The van der Waals surface area contributed by atoms with Gasteiger partial charge in [0.2, 0.25) is 0 Å². The molecular formula is C16H13F3O3. The Balaban J connectivity index is 2.14. The molecule has 1 atom stereocenters. The van der Waals surface area contributed by atoms with Crippen molar-refractivity contribution in [1.82, 2.24) is 0 Å². The fourth-order valence-corrected chi connectivity index (χ4v) is 2.48. The third-order valence-corrected chi connectivity index (χ3v) is 3.60. The predicted octanol–water partition coefficient (Wildman–Crippen LogP) is 3.55. The Morgan fingerprint density at radius 2 is 1.86 bits per heavy atom. The van der Waals surface area contributed by atoms with Gasteiger partial charge < -0.3 is 14.6 Å². The minimum Gasteiger partial charge on any atom is -0.497 e. The molecule has 116 valence electrons. The van der Waals surface area contributed by atoms with Crippen LogP contribution >= 0.6 is 0 Å². The van der Waals surface area contributed by atoms with E-state index in [0.29, 0.717) is 16.9 Å². The molecule has 0 saturated heterocycles. The summed E-state index contributed by atoms with van der Waals surface area (Å²) in [4.78, 5) is 0. The smallest absolute Gasteiger partial charge is 0.455 e. The first-order valence-electron chi connectivity index (χ1n) is 6.58. The third kappa shape index (κ3) is 2.29. The Kier molecular flexibility index (Phi) is 3.29. The first-order valence-corrected chi connectivity index (χ1v) is 6.58. The fraction of sp³-hybridized carbons (Fsp3) is 0.250. The molecule has 0 fully saturated rings. The molecule has 3 rings (SSSR count). The molecule has 0 spiro atoms. The van der Waals surface area contributed by atoms with Gasteiger partial charge in [-0.1, -0.05) is 30.3 Å². The van der Waals surface area contributed by atoms with Gasteiger partial charge in [-0.2, -0.15) is 13.2 Å². The summed E-state index contributed by atoms with van der Waals surface area (Å²) < 4.78 is 49.1. The van der Waals surface area contributed by atoms with E-state index in [1.165, 1.54) is 13.2 Å². The molecule has 3 nitrogen and oxygen atoms in total. The number of fused-ring (bicyclic) bond motifs is 1. The maximum Gasteiger partial charge on any atom is 0.455 e. The van der Waals surface area contributed by atoms with Crippen molar-refractivity contribution in [2.75, 3.05) is 7.11 Å². The number of rotatable bonds is 2. The standard InChI is InChI=1S/C16H13F3O3/c1-21-12-7-11-9-15(20,16(17,18)19)22-14(11)13(8-12)10-5-3-2-4-6-10/h2-8,20H,9H2,1H3. The minimum absolute atomic E-state index is 0.0341. The maximum atomic E-state index is 13.0. The number of hydrogen-bond acceptors (Lipinski definition) is 3. The van der Waals surface area contributed by atoms with Crippen molar-refractivity contribution < 1.29 is 27.8 Å². The number of ether oxygens (including phenoxy) is 2. The highest BCUT2D eigenvalue weighted by Crippen LogP contribution is 2.48. The molecule has 1 aliphatic rings. The lowest BCUT2D eigenvalue weighted by molar-refractivity contribution is -0.327. The summed E-state index contributed by atoms with van der Waals surface area (Å²) >= 11 is 0. The first kappa shape index (κ1) is 14.7. The normalized spacial score (nSPS) is 20.4. The Hall–Kier alpha value is -2.21. The van der Waals surface area contributed by atoms with Crippen LogP contribution in [0.2, 0.25) is 0 Å². The van der Waals surface area contributed by atoms with Gasteiger partial charge in [0.15, 0.2) is 0 Å². The van der Waals surface area contributed by atoms with Crippen molar-refractivity contribution >= 4 is 0 Å². The lowest BCUT2D eigenvalue weighted by Crippen LogP contribution is -2.49. The first-order chi connectivity index (χ1) is 10.3. The summed E-state index contributed by atoms with van der Waals surface area (Å²) in [5.41, 5.74) is 1.40.